The van der Waals surface area contributed by atoms with E-state index in [0.717, 1.165) is 37.6 Å². The number of amides is 3. The molecule has 2 heterocycles. The Hall–Kier alpha value is -3.89. The fourth-order valence-corrected chi connectivity index (χ4v) is 3.89. The van der Waals surface area contributed by atoms with Gasteiger partial charge in [0.2, 0.25) is 5.91 Å². The first-order valence-electron chi connectivity index (χ1n) is 11.6. The number of carbonyl (C=O) groups is 2. The number of hydrogen-bond acceptors (Lipinski definition) is 6. The van der Waals surface area contributed by atoms with Crippen molar-refractivity contribution in [1.82, 2.24) is 15.2 Å². The van der Waals surface area contributed by atoms with E-state index in [1.807, 2.05) is 0 Å². The summed E-state index contributed by atoms with van der Waals surface area (Å²) in [7, 11) is 0. The first-order chi connectivity index (χ1) is 17.4. The number of anilines is 1. The van der Waals surface area contributed by atoms with E-state index in [4.69, 9.17) is 10.5 Å². The van der Waals surface area contributed by atoms with E-state index in [0.29, 0.717) is 17.9 Å². The molecule has 3 amide bonds. The molecule has 10 heteroatoms. The molecular formula is C26H27F2N5O3. The van der Waals surface area contributed by atoms with Crippen LogP contribution in [0.5, 0.6) is 11.5 Å². The number of nitrogens with one attached hydrogen (secondary N) is 2. The third-order valence-electron chi connectivity index (χ3n) is 5.83. The Morgan fingerprint density at radius 3 is 2.53 bits per heavy atom. The van der Waals surface area contributed by atoms with Crippen molar-refractivity contribution in [3.8, 4) is 11.5 Å². The molecule has 0 aliphatic carbocycles. The third kappa shape index (κ3) is 7.06. The van der Waals surface area contributed by atoms with Crippen molar-refractivity contribution in [2.24, 2.45) is 5.73 Å². The highest BCUT2D eigenvalue weighted by Gasteiger charge is 2.18. The van der Waals surface area contributed by atoms with Gasteiger partial charge in [-0.05, 0) is 61.8 Å². The number of ether oxygens (including phenoxy) is 1. The van der Waals surface area contributed by atoms with Gasteiger partial charge in [0.05, 0.1) is 6.42 Å². The number of likely N-dealkylation sites (tertiary alicyclic amines) is 1. The van der Waals surface area contributed by atoms with Crippen molar-refractivity contribution in [1.29, 1.82) is 0 Å². The molecule has 0 spiro atoms. The van der Waals surface area contributed by atoms with Crippen LogP contribution in [0.15, 0.2) is 60.9 Å². The van der Waals surface area contributed by atoms with Gasteiger partial charge in [0.25, 0.3) is 0 Å². The normalized spacial score (nSPS) is 14.3. The SMILES string of the molecule is NC1CCN(Cc2cnccc2Oc2ccc(NC(=O)NC(=O)Cc3ccc(F)cc3)cc2F)CC1. The van der Waals surface area contributed by atoms with Crippen molar-refractivity contribution < 1.29 is 23.1 Å². The number of nitrogens with two attached hydrogens (primary N) is 1. The highest BCUT2D eigenvalue weighted by Crippen LogP contribution is 2.29. The smallest absolute Gasteiger partial charge is 0.325 e. The lowest BCUT2D eigenvalue weighted by atomic mass is 10.1. The highest BCUT2D eigenvalue weighted by atomic mass is 19.1. The van der Waals surface area contributed by atoms with E-state index >= 15 is 0 Å². The average molecular weight is 496 g/mol. The van der Waals surface area contributed by atoms with Crippen molar-refractivity contribution >= 4 is 17.6 Å². The van der Waals surface area contributed by atoms with Crippen LogP contribution < -0.4 is 21.1 Å². The van der Waals surface area contributed by atoms with Gasteiger partial charge in [-0.2, -0.15) is 0 Å². The summed E-state index contributed by atoms with van der Waals surface area (Å²) in [6.45, 7) is 2.36. The van der Waals surface area contributed by atoms with Crippen LogP contribution in [0.3, 0.4) is 0 Å². The molecule has 0 saturated carbocycles. The minimum absolute atomic E-state index is 0.0125. The van der Waals surface area contributed by atoms with E-state index in [-0.39, 0.29) is 23.9 Å². The molecule has 188 valence electrons. The molecule has 3 aromatic rings. The Balaban J connectivity index is 1.34. The van der Waals surface area contributed by atoms with Crippen molar-refractivity contribution in [2.45, 2.75) is 31.8 Å². The summed E-state index contributed by atoms with van der Waals surface area (Å²) in [5.74, 6) is -1.21. The quantitative estimate of drug-likeness (QED) is 0.458. The van der Waals surface area contributed by atoms with Crippen LogP contribution in [0.2, 0.25) is 0 Å². The molecule has 1 saturated heterocycles. The molecule has 0 atom stereocenters. The number of nitrogens with zero attached hydrogens (tertiary/aromatic N) is 2. The fraction of sp³-hybridized carbons (Fsp3) is 0.269. The van der Waals surface area contributed by atoms with Gasteiger partial charge in [-0.15, -0.1) is 0 Å². The van der Waals surface area contributed by atoms with E-state index < -0.39 is 23.6 Å². The summed E-state index contributed by atoms with van der Waals surface area (Å²) < 4.78 is 33.6. The molecule has 0 bridgehead atoms. The number of imide groups is 1. The number of rotatable bonds is 7. The van der Waals surface area contributed by atoms with Gasteiger partial charge < -0.3 is 15.8 Å². The number of piperidine rings is 1. The highest BCUT2D eigenvalue weighted by molar-refractivity contribution is 6.01. The fourth-order valence-electron chi connectivity index (χ4n) is 3.89. The standard InChI is InChI=1S/C26H27F2N5O3/c27-19-3-1-17(2-4-19)13-25(34)32-26(35)31-21-5-6-24(22(28)14-21)36-23-7-10-30-15-18(23)16-33-11-8-20(29)9-12-33/h1-7,10,14-15,20H,8-9,11-13,16,29H2,(H2,31,32,34,35). The Kier molecular flexibility index (Phi) is 8.19. The topological polar surface area (TPSA) is 110 Å². The zero-order valence-corrected chi connectivity index (χ0v) is 19.5. The summed E-state index contributed by atoms with van der Waals surface area (Å²) in [4.78, 5) is 30.6. The van der Waals surface area contributed by atoms with Crippen LogP contribution in [0, 0.1) is 11.6 Å². The summed E-state index contributed by atoms with van der Waals surface area (Å²) in [5.41, 5.74) is 7.50. The average Bonchev–Trinajstić information content (AvgIpc) is 2.84. The maximum absolute atomic E-state index is 14.8. The van der Waals surface area contributed by atoms with Gasteiger partial charge in [-0.1, -0.05) is 12.1 Å². The lowest BCUT2D eigenvalue weighted by molar-refractivity contribution is -0.119. The number of carbonyl (C=O) groups excluding carboxylic acids is 2. The van der Waals surface area contributed by atoms with Crippen molar-refractivity contribution in [3.05, 3.63) is 83.7 Å². The Morgan fingerprint density at radius 2 is 1.81 bits per heavy atom. The third-order valence-corrected chi connectivity index (χ3v) is 5.83. The second-order valence-corrected chi connectivity index (χ2v) is 8.65. The number of benzene rings is 2. The zero-order chi connectivity index (χ0) is 25.5. The molecule has 4 N–H and O–H groups in total. The lowest BCUT2D eigenvalue weighted by Crippen LogP contribution is -2.39. The minimum atomic E-state index is -0.812. The summed E-state index contributed by atoms with van der Waals surface area (Å²) >= 11 is 0. The molecule has 8 nitrogen and oxygen atoms in total. The molecule has 1 fully saturated rings. The maximum Gasteiger partial charge on any atom is 0.325 e. The van der Waals surface area contributed by atoms with Crippen molar-refractivity contribution in [3.63, 3.8) is 0 Å². The molecule has 0 radical (unpaired) electrons. The molecule has 1 aliphatic rings. The first-order valence-corrected chi connectivity index (χ1v) is 11.6. The molecule has 4 rings (SSSR count). The van der Waals surface area contributed by atoms with Crippen LogP contribution in [-0.2, 0) is 17.8 Å². The van der Waals surface area contributed by atoms with Crippen LogP contribution >= 0.6 is 0 Å². The predicted molar refractivity (Wildman–Crippen MR) is 130 cm³/mol. The molecule has 1 aromatic heterocycles. The van der Waals surface area contributed by atoms with Crippen LogP contribution in [0.1, 0.15) is 24.0 Å². The minimum Gasteiger partial charge on any atom is -0.454 e. The number of hydrogen-bond donors (Lipinski definition) is 3. The van der Waals surface area contributed by atoms with E-state index in [2.05, 4.69) is 20.5 Å². The van der Waals surface area contributed by atoms with Gasteiger partial charge >= 0.3 is 6.03 Å². The van der Waals surface area contributed by atoms with Crippen LogP contribution in [0.25, 0.3) is 0 Å². The van der Waals surface area contributed by atoms with Crippen LogP contribution in [-0.4, -0.2) is 41.0 Å². The number of aromatic nitrogens is 1. The Labute approximate surface area is 207 Å². The van der Waals surface area contributed by atoms with E-state index in [9.17, 15) is 18.4 Å². The lowest BCUT2D eigenvalue weighted by Gasteiger charge is -2.30. The number of urea groups is 1. The second-order valence-electron chi connectivity index (χ2n) is 8.65. The van der Waals surface area contributed by atoms with Gasteiger partial charge in [0, 0.05) is 42.3 Å². The van der Waals surface area contributed by atoms with E-state index in [1.165, 1.54) is 36.4 Å². The Bertz CT molecular complexity index is 1210. The van der Waals surface area contributed by atoms with Gasteiger partial charge in [-0.25, -0.2) is 13.6 Å². The molecular weight excluding hydrogens is 468 g/mol. The summed E-state index contributed by atoms with van der Waals surface area (Å²) in [6.07, 6.45) is 5.01. The Morgan fingerprint density at radius 1 is 1.06 bits per heavy atom. The van der Waals surface area contributed by atoms with Gasteiger partial charge in [0.15, 0.2) is 11.6 Å². The summed E-state index contributed by atoms with van der Waals surface area (Å²) in [5, 5.41) is 4.57. The predicted octanol–water partition coefficient (Wildman–Crippen LogP) is 3.97. The van der Waals surface area contributed by atoms with Gasteiger partial charge in [0.1, 0.15) is 11.6 Å². The maximum atomic E-state index is 14.8. The molecule has 36 heavy (non-hydrogen) atoms. The van der Waals surface area contributed by atoms with Crippen molar-refractivity contribution in [2.75, 3.05) is 18.4 Å². The van der Waals surface area contributed by atoms with Gasteiger partial charge in [-0.3, -0.25) is 20.0 Å². The molecule has 1 aliphatic heterocycles. The monoisotopic (exact) mass is 495 g/mol. The molecule has 2 aromatic carbocycles. The van der Waals surface area contributed by atoms with E-state index in [1.54, 1.807) is 18.5 Å². The number of pyridine rings is 1. The van der Waals surface area contributed by atoms with Crippen LogP contribution in [0.4, 0.5) is 19.3 Å². The second kappa shape index (κ2) is 11.7. The molecule has 0 unspecified atom stereocenters. The number of halogens is 2. The zero-order valence-electron chi connectivity index (χ0n) is 19.5. The largest absolute Gasteiger partial charge is 0.454 e. The summed E-state index contributed by atoms with van der Waals surface area (Å²) in [6, 6.07) is 10.4. The first kappa shape index (κ1) is 25.2.